The summed E-state index contributed by atoms with van der Waals surface area (Å²) < 4.78 is 11.4. The van der Waals surface area contributed by atoms with Crippen LogP contribution in [0.5, 0.6) is 0 Å². The number of methoxy groups -OCH3 is 1. The number of fused-ring (bicyclic) bond motifs is 7. The third kappa shape index (κ3) is 6.13. The van der Waals surface area contributed by atoms with Gasteiger partial charge in [0.15, 0.2) is 0 Å². The van der Waals surface area contributed by atoms with Crippen molar-refractivity contribution in [3.63, 3.8) is 0 Å². The van der Waals surface area contributed by atoms with E-state index < -0.39 is 11.4 Å². The summed E-state index contributed by atoms with van der Waals surface area (Å²) in [6.45, 7) is 22.4. The van der Waals surface area contributed by atoms with E-state index in [0.29, 0.717) is 54.1 Å². The van der Waals surface area contributed by atoms with Gasteiger partial charge in [-0.1, -0.05) is 41.5 Å². The molecular formula is C44H72N2O7. The number of ether oxygens (including phenoxy) is 2. The first kappa shape index (κ1) is 39.5. The summed E-state index contributed by atoms with van der Waals surface area (Å²) in [4.78, 5) is 48.1. The van der Waals surface area contributed by atoms with Crippen LogP contribution >= 0.6 is 0 Å². The zero-order valence-electron chi connectivity index (χ0n) is 34.7. The van der Waals surface area contributed by atoms with Crippen LogP contribution < -0.4 is 0 Å². The molecule has 0 radical (unpaired) electrons. The third-order valence-corrected chi connectivity index (χ3v) is 18.3. The fourth-order valence-corrected chi connectivity index (χ4v) is 14.7. The number of aliphatic carboxylic acids is 1. The molecule has 10 atom stereocenters. The highest BCUT2D eigenvalue weighted by Gasteiger charge is 2.73. The summed E-state index contributed by atoms with van der Waals surface area (Å²) in [7, 11) is 1.70. The summed E-state index contributed by atoms with van der Waals surface area (Å²) in [6, 6.07) is 0. The number of hydrogen-bond acceptors (Lipinski definition) is 7. The fraction of sp³-hybridized carbons (Fsp3) is 0.932. The average Bonchev–Trinajstić information content (AvgIpc) is 3.71. The minimum Gasteiger partial charge on any atom is -0.481 e. The molecule has 1 N–H and O–H groups in total. The van der Waals surface area contributed by atoms with Gasteiger partial charge >= 0.3 is 11.9 Å². The highest BCUT2D eigenvalue weighted by Crippen LogP contribution is 2.79. The van der Waals surface area contributed by atoms with Crippen LogP contribution in [0.1, 0.15) is 139 Å². The van der Waals surface area contributed by atoms with E-state index in [1.54, 1.807) is 21.0 Å². The van der Waals surface area contributed by atoms with Crippen molar-refractivity contribution in [1.29, 1.82) is 0 Å². The van der Waals surface area contributed by atoms with Crippen LogP contribution in [0.4, 0.5) is 0 Å². The second-order valence-corrected chi connectivity index (χ2v) is 21.4. The van der Waals surface area contributed by atoms with E-state index in [1.807, 2.05) is 5.06 Å². The van der Waals surface area contributed by atoms with E-state index in [9.17, 15) is 14.7 Å². The number of esters is 1. The number of carbonyl (C=O) groups is 3. The lowest BCUT2D eigenvalue weighted by Crippen LogP contribution is -2.68. The second kappa shape index (κ2) is 13.5. The second-order valence-electron chi connectivity index (χ2n) is 21.4. The summed E-state index contributed by atoms with van der Waals surface area (Å²) >= 11 is 0. The molecule has 0 unspecified atom stereocenters. The molecule has 7 rings (SSSR count). The van der Waals surface area contributed by atoms with Gasteiger partial charge in [0.05, 0.1) is 30.5 Å². The van der Waals surface area contributed by atoms with E-state index in [1.165, 1.54) is 38.5 Å². The molecule has 0 aromatic carbocycles. The highest BCUT2D eigenvalue weighted by molar-refractivity contribution is 5.84. The Bertz CT molecular complexity index is 1430. The van der Waals surface area contributed by atoms with Crippen molar-refractivity contribution in [3.8, 4) is 0 Å². The molecule has 1 saturated heterocycles. The van der Waals surface area contributed by atoms with Crippen molar-refractivity contribution in [2.75, 3.05) is 46.5 Å². The lowest BCUT2D eigenvalue weighted by Gasteiger charge is -2.73. The largest absolute Gasteiger partial charge is 0.481 e. The van der Waals surface area contributed by atoms with Gasteiger partial charge in [-0.15, -0.1) is 0 Å². The van der Waals surface area contributed by atoms with Crippen LogP contribution in [-0.2, 0) is 28.7 Å². The van der Waals surface area contributed by atoms with Gasteiger partial charge in [-0.25, -0.2) is 0 Å². The number of rotatable bonds is 10. The molecule has 9 nitrogen and oxygen atoms in total. The molecule has 9 heteroatoms. The fourth-order valence-electron chi connectivity index (χ4n) is 14.7. The molecule has 6 saturated carbocycles. The number of piperazine rings is 1. The zero-order chi connectivity index (χ0) is 38.4. The Morgan fingerprint density at radius 1 is 0.736 bits per heavy atom. The third-order valence-electron chi connectivity index (χ3n) is 18.3. The van der Waals surface area contributed by atoms with Crippen LogP contribution in [0.3, 0.4) is 0 Å². The maximum atomic E-state index is 15.1. The molecule has 7 fully saturated rings. The first-order chi connectivity index (χ1) is 24.8. The van der Waals surface area contributed by atoms with Gasteiger partial charge in [0.25, 0.3) is 0 Å². The minimum absolute atomic E-state index is 0.109. The number of carboxylic acids is 1. The molecule has 53 heavy (non-hydrogen) atoms. The Morgan fingerprint density at radius 2 is 1.43 bits per heavy atom. The summed E-state index contributed by atoms with van der Waals surface area (Å²) in [5.41, 5.74) is -0.681. The Hall–Kier alpha value is -1.71. The highest BCUT2D eigenvalue weighted by atomic mass is 16.7. The Kier molecular flexibility index (Phi) is 10.0. The van der Waals surface area contributed by atoms with E-state index in [4.69, 9.17) is 14.3 Å². The SMILES string of the molecule is COCCON1CCN(C(=O)[C@]23CC[C@@H](C4(C)CC4)[C@@H]2[C@H]2CC[C@@H]4[C@@]5(C)CC[C@H](OC(=O)CC(C)(C)C(=O)O)C(C)(C)[C@@H]5CC[C@@]4(C)[C@]2(C)CC3)CC1. The van der Waals surface area contributed by atoms with E-state index in [0.717, 1.165) is 64.7 Å². The van der Waals surface area contributed by atoms with Crippen LogP contribution in [0.25, 0.3) is 0 Å². The molecule has 0 spiro atoms. The normalized spacial score (nSPS) is 43.2. The quantitative estimate of drug-likeness (QED) is 0.178. The number of hydroxylamine groups is 2. The molecule has 6 aliphatic carbocycles. The summed E-state index contributed by atoms with van der Waals surface area (Å²) in [5.74, 6) is 1.77. The number of amides is 1. The van der Waals surface area contributed by atoms with Gasteiger partial charge in [-0.2, -0.15) is 5.06 Å². The van der Waals surface area contributed by atoms with Crippen molar-refractivity contribution in [1.82, 2.24) is 9.96 Å². The molecule has 0 aromatic rings. The van der Waals surface area contributed by atoms with Crippen LogP contribution in [0, 0.1) is 67.5 Å². The van der Waals surface area contributed by atoms with Gasteiger partial charge in [-0.3, -0.25) is 19.2 Å². The Labute approximate surface area is 319 Å². The Morgan fingerprint density at radius 3 is 2.08 bits per heavy atom. The smallest absolute Gasteiger partial charge is 0.309 e. The molecule has 0 bridgehead atoms. The average molecular weight is 741 g/mol. The van der Waals surface area contributed by atoms with Gasteiger partial charge in [-0.05, 0) is 142 Å². The van der Waals surface area contributed by atoms with Crippen molar-refractivity contribution in [3.05, 3.63) is 0 Å². The first-order valence-electron chi connectivity index (χ1n) is 21.4. The number of nitrogens with zero attached hydrogens (tertiary/aromatic N) is 2. The first-order valence-corrected chi connectivity index (χ1v) is 21.4. The molecule has 7 aliphatic rings. The molecule has 0 aromatic heterocycles. The van der Waals surface area contributed by atoms with Crippen molar-refractivity contribution in [2.45, 2.75) is 145 Å². The number of carbonyl (C=O) groups excluding carboxylic acids is 2. The van der Waals surface area contributed by atoms with Crippen molar-refractivity contribution >= 4 is 17.8 Å². The summed E-state index contributed by atoms with van der Waals surface area (Å²) in [5, 5.41) is 11.7. The van der Waals surface area contributed by atoms with Crippen molar-refractivity contribution in [2.24, 2.45) is 67.5 Å². The van der Waals surface area contributed by atoms with E-state index in [2.05, 4.69) is 46.4 Å². The predicted octanol–water partition coefficient (Wildman–Crippen LogP) is 8.00. The van der Waals surface area contributed by atoms with Crippen LogP contribution in [0.15, 0.2) is 0 Å². The standard InChI is InChI=1S/C44H72N2O7/c1-38(2,37(49)50)28-34(47)53-33-14-15-41(6)31(39(33,3)4)13-16-43(8)32(41)11-10-30-35-29(40(5)18-19-40)12-17-44(35,21-20-42(30,43)7)36(48)45-22-24-46(25-23-45)52-27-26-51-9/h29-33,35H,10-28H2,1-9H3,(H,49,50)/t29-,30-,31+,32-,33+,35-,41+,42-,43-,44+/m1/s1. The lowest BCUT2D eigenvalue weighted by atomic mass is 9.32. The molecule has 1 aliphatic heterocycles. The lowest BCUT2D eigenvalue weighted by molar-refractivity contribution is -0.252. The number of hydrogen-bond donors (Lipinski definition) is 1. The van der Waals surface area contributed by atoms with E-state index in [-0.39, 0.29) is 45.6 Å². The maximum Gasteiger partial charge on any atom is 0.309 e. The van der Waals surface area contributed by atoms with Crippen molar-refractivity contribution < 1.29 is 33.8 Å². The molecule has 1 heterocycles. The van der Waals surface area contributed by atoms with E-state index >= 15 is 4.79 Å². The zero-order valence-corrected chi connectivity index (χ0v) is 34.7. The van der Waals surface area contributed by atoms with Crippen LogP contribution in [-0.4, -0.2) is 85.5 Å². The minimum atomic E-state index is -1.14. The topological polar surface area (TPSA) is 106 Å². The number of carboxylic acid groups (broad SMARTS) is 1. The molecule has 300 valence electrons. The van der Waals surface area contributed by atoms with Gasteiger partial charge in [0, 0.05) is 38.7 Å². The molecular weight excluding hydrogens is 668 g/mol. The van der Waals surface area contributed by atoms with Crippen LogP contribution in [0.2, 0.25) is 0 Å². The van der Waals surface area contributed by atoms with Gasteiger partial charge in [0.2, 0.25) is 5.91 Å². The monoisotopic (exact) mass is 741 g/mol. The van der Waals surface area contributed by atoms with Gasteiger partial charge in [0.1, 0.15) is 6.10 Å². The molecule has 1 amide bonds. The summed E-state index contributed by atoms with van der Waals surface area (Å²) in [6.07, 6.45) is 13.4. The maximum absolute atomic E-state index is 15.1. The Balaban J connectivity index is 1.12. The predicted molar refractivity (Wildman–Crippen MR) is 203 cm³/mol. The van der Waals surface area contributed by atoms with Gasteiger partial charge < -0.3 is 19.5 Å².